The number of nitrogens with zero attached hydrogens (tertiary/aromatic N) is 3. The van der Waals surface area contributed by atoms with Crippen molar-refractivity contribution < 1.29 is 26.7 Å². The van der Waals surface area contributed by atoms with E-state index in [1.165, 1.54) is 25.7 Å². The summed E-state index contributed by atoms with van der Waals surface area (Å²) < 4.78 is 53.9. The van der Waals surface area contributed by atoms with Crippen molar-refractivity contribution in [2.45, 2.75) is 80.9 Å². The number of hydrogen-bond acceptors (Lipinski definition) is 8. The van der Waals surface area contributed by atoms with E-state index in [1.54, 1.807) is 0 Å². The lowest BCUT2D eigenvalue weighted by atomic mass is 10.1. The minimum absolute atomic E-state index is 0.286. The highest BCUT2D eigenvalue weighted by Gasteiger charge is 2.36. The van der Waals surface area contributed by atoms with Crippen molar-refractivity contribution in [2.24, 2.45) is 0 Å². The van der Waals surface area contributed by atoms with Crippen LogP contribution >= 0.6 is 0 Å². The maximum atomic E-state index is 13.4. The zero-order valence-electron chi connectivity index (χ0n) is 20.8. The third-order valence-electron chi connectivity index (χ3n) is 5.92. The van der Waals surface area contributed by atoms with Crippen molar-refractivity contribution >= 4 is 31.4 Å². The predicted octanol–water partition coefficient (Wildman–Crippen LogP) is 5.80. The van der Waals surface area contributed by atoms with Crippen LogP contribution in [0.5, 0.6) is 0 Å². The second kappa shape index (κ2) is 14.1. The van der Waals surface area contributed by atoms with Crippen LogP contribution in [0.15, 0.2) is 58.3 Å². The van der Waals surface area contributed by atoms with Crippen LogP contribution in [-0.2, 0) is 20.0 Å². The molecule has 0 unspecified atom stereocenters. The average Bonchev–Trinajstić information content (AvgIpc) is 2.87. The zero-order valence-corrected chi connectivity index (χ0v) is 22.5. The summed E-state index contributed by atoms with van der Waals surface area (Å²) >= 11 is 0. The molecule has 2 rings (SSSR count). The van der Waals surface area contributed by atoms with E-state index in [0.29, 0.717) is 10.1 Å². The molecule has 204 valence electrons. The SMILES string of the molecule is CCCCCCCCCCCCN(S(=O)(=O)c1ccc([N+](=O)[O-])cc1)S(=O)(=O)c1ccc([N+](=O)[O-])cc1. The first-order valence-electron chi connectivity index (χ1n) is 12.3. The Hall–Kier alpha value is -2.90. The Bertz CT molecular complexity index is 1160. The molecule has 0 aliphatic rings. The summed E-state index contributed by atoms with van der Waals surface area (Å²) in [6.45, 7) is 1.84. The van der Waals surface area contributed by atoms with Gasteiger partial charge in [0.15, 0.2) is 0 Å². The standard InChI is InChI=1S/C24H33N3O8S2/c1-2-3-4-5-6-7-8-9-10-11-20-25(36(32,33)23-16-12-21(13-17-23)26(28)29)37(34,35)24-18-14-22(15-19-24)27(30)31/h12-19H,2-11,20H2,1H3. The van der Waals surface area contributed by atoms with Gasteiger partial charge in [-0.3, -0.25) is 20.2 Å². The molecule has 0 N–H and O–H groups in total. The van der Waals surface area contributed by atoms with E-state index in [4.69, 9.17) is 0 Å². The van der Waals surface area contributed by atoms with Gasteiger partial charge < -0.3 is 0 Å². The van der Waals surface area contributed by atoms with Crippen molar-refractivity contribution in [1.29, 1.82) is 0 Å². The van der Waals surface area contributed by atoms with Gasteiger partial charge in [-0.2, -0.15) is 0 Å². The summed E-state index contributed by atoms with van der Waals surface area (Å²) in [5.41, 5.74) is -0.670. The van der Waals surface area contributed by atoms with Gasteiger partial charge in [-0.05, 0) is 30.7 Å². The Morgan fingerprint density at radius 3 is 1.24 bits per heavy atom. The predicted molar refractivity (Wildman–Crippen MR) is 139 cm³/mol. The van der Waals surface area contributed by atoms with Crippen molar-refractivity contribution in [3.63, 3.8) is 0 Å². The quantitative estimate of drug-likeness (QED) is 0.134. The largest absolute Gasteiger partial charge is 0.269 e. The number of nitro benzene ring substituents is 2. The van der Waals surface area contributed by atoms with Gasteiger partial charge in [0, 0.05) is 30.8 Å². The fourth-order valence-corrected chi connectivity index (χ4v) is 7.53. The molecule has 0 aliphatic heterocycles. The van der Waals surface area contributed by atoms with Gasteiger partial charge in [-0.1, -0.05) is 68.4 Å². The van der Waals surface area contributed by atoms with Gasteiger partial charge in [0.2, 0.25) is 0 Å². The Kier molecular flexibility index (Phi) is 11.6. The molecular formula is C24H33N3O8S2. The van der Waals surface area contributed by atoms with Gasteiger partial charge in [0.1, 0.15) is 0 Å². The molecule has 11 nitrogen and oxygen atoms in total. The van der Waals surface area contributed by atoms with Crippen LogP contribution in [-0.4, -0.2) is 36.9 Å². The van der Waals surface area contributed by atoms with Crippen LogP contribution in [0.4, 0.5) is 11.4 Å². The Morgan fingerprint density at radius 1 is 0.595 bits per heavy atom. The number of non-ortho nitro benzene ring substituents is 2. The normalized spacial score (nSPS) is 12.1. The summed E-state index contributed by atoms with van der Waals surface area (Å²) in [7, 11) is -9.19. The molecule has 0 spiro atoms. The highest BCUT2D eigenvalue weighted by molar-refractivity contribution is 8.04. The number of nitro groups is 2. The van der Waals surface area contributed by atoms with Crippen molar-refractivity contribution in [3.05, 3.63) is 68.8 Å². The monoisotopic (exact) mass is 555 g/mol. The van der Waals surface area contributed by atoms with E-state index in [1.807, 2.05) is 0 Å². The van der Waals surface area contributed by atoms with Gasteiger partial charge in [-0.25, -0.2) is 16.8 Å². The van der Waals surface area contributed by atoms with Crippen molar-refractivity contribution in [2.75, 3.05) is 6.54 Å². The smallest absolute Gasteiger partial charge is 0.258 e. The zero-order chi connectivity index (χ0) is 27.5. The minimum atomic E-state index is -4.60. The fraction of sp³-hybridized carbons (Fsp3) is 0.500. The Labute approximate surface area is 217 Å². The summed E-state index contributed by atoms with van der Waals surface area (Å²) in [6.07, 6.45) is 9.71. The second-order valence-corrected chi connectivity index (χ2v) is 12.6. The van der Waals surface area contributed by atoms with E-state index in [-0.39, 0.29) is 24.3 Å². The van der Waals surface area contributed by atoms with Gasteiger partial charge in [-0.15, -0.1) is 0 Å². The molecule has 0 atom stereocenters. The molecule has 0 fully saturated rings. The minimum Gasteiger partial charge on any atom is -0.258 e. The Balaban J connectivity index is 2.20. The lowest BCUT2D eigenvalue weighted by Gasteiger charge is -2.22. The van der Waals surface area contributed by atoms with E-state index >= 15 is 0 Å². The van der Waals surface area contributed by atoms with Crippen LogP contribution in [0.2, 0.25) is 0 Å². The summed E-state index contributed by atoms with van der Waals surface area (Å²) in [5.74, 6) is 0. The molecule has 0 saturated heterocycles. The van der Waals surface area contributed by atoms with E-state index in [0.717, 1.165) is 74.2 Å². The lowest BCUT2D eigenvalue weighted by molar-refractivity contribution is -0.385. The first-order valence-corrected chi connectivity index (χ1v) is 15.2. The highest BCUT2D eigenvalue weighted by atomic mass is 32.3. The van der Waals surface area contributed by atoms with Gasteiger partial charge in [0.25, 0.3) is 31.4 Å². The van der Waals surface area contributed by atoms with Crippen LogP contribution in [0.3, 0.4) is 0 Å². The summed E-state index contributed by atoms with van der Waals surface area (Å²) in [5, 5.41) is 21.9. The van der Waals surface area contributed by atoms with Crippen molar-refractivity contribution in [1.82, 2.24) is 3.71 Å². The third kappa shape index (κ3) is 8.58. The number of rotatable bonds is 17. The second-order valence-electron chi connectivity index (χ2n) is 8.69. The molecule has 0 heterocycles. The van der Waals surface area contributed by atoms with Crippen LogP contribution in [0.1, 0.15) is 71.1 Å². The van der Waals surface area contributed by atoms with Crippen molar-refractivity contribution in [3.8, 4) is 0 Å². The number of unbranched alkanes of at least 4 members (excludes halogenated alkanes) is 9. The van der Waals surface area contributed by atoms with Crippen LogP contribution < -0.4 is 0 Å². The maximum absolute atomic E-state index is 13.4. The van der Waals surface area contributed by atoms with Gasteiger partial charge in [0.05, 0.1) is 19.6 Å². The third-order valence-corrected chi connectivity index (χ3v) is 10.3. The van der Waals surface area contributed by atoms with E-state index in [2.05, 4.69) is 6.92 Å². The molecule has 13 heteroatoms. The molecule has 0 radical (unpaired) electrons. The molecule has 0 amide bonds. The number of benzene rings is 2. The summed E-state index contributed by atoms with van der Waals surface area (Å²) in [4.78, 5) is 19.7. The topological polar surface area (TPSA) is 158 Å². The molecular weight excluding hydrogens is 522 g/mol. The molecule has 0 aromatic heterocycles. The Morgan fingerprint density at radius 2 is 0.919 bits per heavy atom. The van der Waals surface area contributed by atoms with Gasteiger partial charge >= 0.3 is 0 Å². The molecule has 2 aromatic rings. The first kappa shape index (κ1) is 30.3. The molecule has 0 bridgehead atoms. The van der Waals surface area contributed by atoms with Crippen LogP contribution in [0, 0.1) is 20.2 Å². The molecule has 0 saturated carbocycles. The average molecular weight is 556 g/mol. The molecule has 2 aromatic carbocycles. The molecule has 0 aliphatic carbocycles. The first-order chi connectivity index (χ1) is 17.5. The fourth-order valence-electron chi connectivity index (χ4n) is 3.81. The number of sulfonamides is 2. The lowest BCUT2D eigenvalue weighted by Crippen LogP contribution is -2.37. The maximum Gasteiger partial charge on any atom is 0.269 e. The summed E-state index contributed by atoms with van der Waals surface area (Å²) in [6, 6.07) is 7.92. The molecule has 37 heavy (non-hydrogen) atoms. The number of hydrogen-bond donors (Lipinski definition) is 0. The van der Waals surface area contributed by atoms with E-state index < -0.39 is 39.7 Å². The van der Waals surface area contributed by atoms with E-state index in [9.17, 15) is 37.1 Å². The van der Waals surface area contributed by atoms with Crippen LogP contribution in [0.25, 0.3) is 0 Å². The highest BCUT2D eigenvalue weighted by Crippen LogP contribution is 2.27.